The highest BCUT2D eigenvalue weighted by Gasteiger charge is 2.30. The molecule has 0 bridgehead atoms. The van der Waals surface area contributed by atoms with Gasteiger partial charge in [0.15, 0.2) is 0 Å². The fourth-order valence-electron chi connectivity index (χ4n) is 2.09. The summed E-state index contributed by atoms with van der Waals surface area (Å²) in [7, 11) is 0. The molecule has 2 aromatic rings. The van der Waals surface area contributed by atoms with Gasteiger partial charge in [0.25, 0.3) is 5.91 Å². The fraction of sp³-hybridized carbons (Fsp3) is 0.0714. The van der Waals surface area contributed by atoms with Crippen molar-refractivity contribution in [2.24, 2.45) is 0 Å². The van der Waals surface area contributed by atoms with Crippen molar-refractivity contribution in [1.29, 1.82) is 0 Å². The van der Waals surface area contributed by atoms with Gasteiger partial charge in [0, 0.05) is 16.9 Å². The summed E-state index contributed by atoms with van der Waals surface area (Å²) in [4.78, 5) is 11.8. The first-order valence-electron chi connectivity index (χ1n) is 5.76. The highest BCUT2D eigenvalue weighted by Crippen LogP contribution is 2.33. The lowest BCUT2D eigenvalue weighted by Crippen LogP contribution is -2.19. The Labute approximate surface area is 108 Å². The molecule has 0 saturated carbocycles. The maximum Gasteiger partial charge on any atom is 0.251 e. The lowest BCUT2D eigenvalue weighted by Gasteiger charge is -2.12. The van der Waals surface area contributed by atoms with Crippen molar-refractivity contribution in [2.45, 2.75) is 6.04 Å². The second-order valence-electron chi connectivity index (χ2n) is 4.31. The molecule has 1 atom stereocenters. The lowest BCUT2D eigenvalue weighted by molar-refractivity contribution is -0.116. The first-order valence-corrected chi connectivity index (χ1v) is 5.76. The second-order valence-corrected chi connectivity index (χ2v) is 4.31. The second kappa shape index (κ2) is 4.35. The minimum absolute atomic E-state index is 0.259. The van der Waals surface area contributed by atoms with Crippen LogP contribution in [-0.4, -0.2) is 5.91 Å². The molecule has 1 aliphatic rings. The van der Waals surface area contributed by atoms with E-state index in [1.807, 2.05) is 0 Å². The summed E-state index contributed by atoms with van der Waals surface area (Å²) in [5.41, 5.74) is 1.76. The summed E-state index contributed by atoms with van der Waals surface area (Å²) in [6, 6.07) is 9.25. The number of hydrogen-bond acceptors (Lipinski definition) is 2. The van der Waals surface area contributed by atoms with Gasteiger partial charge in [0.1, 0.15) is 17.7 Å². The van der Waals surface area contributed by atoms with Crippen LogP contribution in [0.2, 0.25) is 0 Å². The molecule has 2 N–H and O–H groups in total. The molecule has 3 rings (SSSR count). The van der Waals surface area contributed by atoms with Gasteiger partial charge in [-0.15, -0.1) is 0 Å². The molecule has 0 saturated heterocycles. The Balaban J connectivity index is 1.90. The molecule has 1 amide bonds. The quantitative estimate of drug-likeness (QED) is 0.871. The number of rotatable bonds is 2. The van der Waals surface area contributed by atoms with Gasteiger partial charge in [-0.1, -0.05) is 6.07 Å². The molecule has 0 radical (unpaired) electrons. The van der Waals surface area contributed by atoms with E-state index in [4.69, 9.17) is 0 Å². The summed E-state index contributed by atoms with van der Waals surface area (Å²) >= 11 is 0. The number of anilines is 2. The Morgan fingerprint density at radius 3 is 2.42 bits per heavy atom. The van der Waals surface area contributed by atoms with Gasteiger partial charge in [0.05, 0.1) is 0 Å². The van der Waals surface area contributed by atoms with E-state index < -0.39 is 11.9 Å². The van der Waals surface area contributed by atoms with Crippen molar-refractivity contribution in [2.75, 3.05) is 10.6 Å². The third-order valence-corrected chi connectivity index (χ3v) is 3.00. The Hall–Kier alpha value is -2.43. The van der Waals surface area contributed by atoms with Gasteiger partial charge in [-0.25, -0.2) is 8.78 Å². The zero-order valence-electron chi connectivity index (χ0n) is 9.78. The average molecular weight is 260 g/mol. The summed E-state index contributed by atoms with van der Waals surface area (Å²) in [6.07, 6.45) is 0. The highest BCUT2D eigenvalue weighted by molar-refractivity contribution is 6.04. The third kappa shape index (κ3) is 2.14. The minimum atomic E-state index is -0.596. The van der Waals surface area contributed by atoms with Gasteiger partial charge in [-0.05, 0) is 36.4 Å². The van der Waals surface area contributed by atoms with Gasteiger partial charge in [-0.3, -0.25) is 4.79 Å². The van der Waals surface area contributed by atoms with Crippen LogP contribution < -0.4 is 10.6 Å². The minimum Gasteiger partial charge on any atom is -0.370 e. The Morgan fingerprint density at radius 2 is 1.68 bits per heavy atom. The van der Waals surface area contributed by atoms with Crippen LogP contribution in [0, 0.1) is 11.6 Å². The lowest BCUT2D eigenvalue weighted by atomic mass is 10.1. The van der Waals surface area contributed by atoms with Crippen molar-refractivity contribution >= 4 is 17.3 Å². The van der Waals surface area contributed by atoms with Crippen molar-refractivity contribution in [3.8, 4) is 0 Å². The smallest absolute Gasteiger partial charge is 0.251 e. The van der Waals surface area contributed by atoms with E-state index in [9.17, 15) is 13.6 Å². The van der Waals surface area contributed by atoms with Gasteiger partial charge in [0.2, 0.25) is 0 Å². The summed E-state index contributed by atoms with van der Waals surface area (Å²) in [6.45, 7) is 0. The average Bonchev–Trinajstić information content (AvgIpc) is 2.68. The molecule has 96 valence electrons. The number of fused-ring (bicyclic) bond motifs is 1. The van der Waals surface area contributed by atoms with E-state index in [0.717, 1.165) is 0 Å². The standard InChI is InChI=1S/C14H10F2N2O/c15-8-1-4-10(5-2-8)17-13-11-6-3-9(16)7-12(11)18-14(13)19/h1-7,13,17H,(H,18,19). The van der Waals surface area contributed by atoms with E-state index in [-0.39, 0.29) is 11.7 Å². The predicted molar refractivity (Wildman–Crippen MR) is 67.8 cm³/mol. The molecule has 0 aliphatic carbocycles. The summed E-state index contributed by atoms with van der Waals surface area (Å²) in [5, 5.41) is 5.60. The van der Waals surface area contributed by atoms with Crippen LogP contribution in [0.3, 0.4) is 0 Å². The van der Waals surface area contributed by atoms with Gasteiger partial charge < -0.3 is 10.6 Å². The predicted octanol–water partition coefficient (Wildman–Crippen LogP) is 3.07. The molecule has 1 unspecified atom stereocenters. The Kier molecular flexibility index (Phi) is 2.67. The SMILES string of the molecule is O=C1Nc2cc(F)ccc2C1Nc1ccc(F)cc1. The molecule has 19 heavy (non-hydrogen) atoms. The third-order valence-electron chi connectivity index (χ3n) is 3.00. The van der Waals surface area contributed by atoms with Crippen LogP contribution in [0.25, 0.3) is 0 Å². The maximum atomic E-state index is 13.1. The van der Waals surface area contributed by atoms with Crippen LogP contribution in [0.1, 0.15) is 11.6 Å². The largest absolute Gasteiger partial charge is 0.370 e. The number of amides is 1. The topological polar surface area (TPSA) is 41.1 Å². The summed E-state index contributed by atoms with van der Waals surface area (Å²) in [5.74, 6) is -1.00. The molecule has 3 nitrogen and oxygen atoms in total. The van der Waals surface area contributed by atoms with Crippen molar-refractivity contribution in [3.05, 3.63) is 59.7 Å². The first-order chi connectivity index (χ1) is 9.13. The molecule has 5 heteroatoms. The van der Waals surface area contributed by atoms with E-state index in [0.29, 0.717) is 16.9 Å². The molecule has 1 heterocycles. The number of carbonyl (C=O) groups excluding carboxylic acids is 1. The number of halogens is 2. The molecule has 0 fully saturated rings. The van der Waals surface area contributed by atoms with Crippen LogP contribution in [-0.2, 0) is 4.79 Å². The highest BCUT2D eigenvalue weighted by atomic mass is 19.1. The molecule has 0 aromatic heterocycles. The van der Waals surface area contributed by atoms with E-state index >= 15 is 0 Å². The number of benzene rings is 2. The molecular formula is C14H10F2N2O. The van der Waals surface area contributed by atoms with Crippen molar-refractivity contribution < 1.29 is 13.6 Å². The number of carbonyl (C=O) groups is 1. The number of nitrogens with one attached hydrogen (secondary N) is 2. The van der Waals surface area contributed by atoms with Gasteiger partial charge in [-0.2, -0.15) is 0 Å². The van der Waals surface area contributed by atoms with Crippen LogP contribution in [0.5, 0.6) is 0 Å². The van der Waals surface area contributed by atoms with Gasteiger partial charge >= 0.3 is 0 Å². The van der Waals surface area contributed by atoms with E-state index in [1.54, 1.807) is 18.2 Å². The fourth-order valence-corrected chi connectivity index (χ4v) is 2.09. The van der Waals surface area contributed by atoms with Crippen molar-refractivity contribution in [1.82, 2.24) is 0 Å². The Bertz CT molecular complexity index is 640. The van der Waals surface area contributed by atoms with E-state index in [1.165, 1.54) is 24.3 Å². The molecule has 0 spiro atoms. The monoisotopic (exact) mass is 260 g/mol. The molecule has 2 aromatic carbocycles. The van der Waals surface area contributed by atoms with Crippen LogP contribution in [0.15, 0.2) is 42.5 Å². The van der Waals surface area contributed by atoms with Crippen LogP contribution in [0.4, 0.5) is 20.2 Å². The number of hydrogen-bond donors (Lipinski definition) is 2. The van der Waals surface area contributed by atoms with Crippen molar-refractivity contribution in [3.63, 3.8) is 0 Å². The molecule has 1 aliphatic heterocycles. The zero-order chi connectivity index (χ0) is 13.4. The maximum absolute atomic E-state index is 13.1. The summed E-state index contributed by atoms with van der Waals surface area (Å²) < 4.78 is 25.9. The molecular weight excluding hydrogens is 250 g/mol. The Morgan fingerprint density at radius 1 is 1.00 bits per heavy atom. The first kappa shape index (κ1) is 11.6. The van der Waals surface area contributed by atoms with Crippen LogP contribution >= 0.6 is 0 Å². The van der Waals surface area contributed by atoms with E-state index in [2.05, 4.69) is 10.6 Å². The normalized spacial score (nSPS) is 16.9. The zero-order valence-corrected chi connectivity index (χ0v) is 9.78.